The third-order valence-electron chi connectivity index (χ3n) is 6.03. The van der Waals surface area contributed by atoms with E-state index in [4.69, 9.17) is 11.6 Å². The lowest BCUT2D eigenvalue weighted by Gasteiger charge is -2.34. The molecule has 0 spiro atoms. The van der Waals surface area contributed by atoms with Gasteiger partial charge < -0.3 is 5.32 Å². The Morgan fingerprint density at radius 2 is 1.62 bits per heavy atom. The molecule has 1 amide bonds. The van der Waals surface area contributed by atoms with Gasteiger partial charge in [0.1, 0.15) is 0 Å². The molecular weight excluding hydrogens is 470 g/mol. The van der Waals surface area contributed by atoms with Gasteiger partial charge in [-0.05, 0) is 42.3 Å². The number of rotatable bonds is 7. The maximum atomic E-state index is 13.3. The number of halogens is 1. The van der Waals surface area contributed by atoms with Gasteiger partial charge in [-0.15, -0.1) is 0 Å². The first-order valence-electron chi connectivity index (χ1n) is 11.3. The fourth-order valence-corrected chi connectivity index (χ4v) is 5.87. The van der Waals surface area contributed by atoms with E-state index < -0.39 is 10.0 Å². The number of nitrogens with one attached hydrogen (secondary N) is 1. The number of sulfonamides is 1. The molecule has 178 valence electrons. The Labute approximate surface area is 206 Å². The summed E-state index contributed by atoms with van der Waals surface area (Å²) in [5.41, 5.74) is 2.31. The van der Waals surface area contributed by atoms with E-state index in [9.17, 15) is 13.2 Å². The van der Waals surface area contributed by atoms with Gasteiger partial charge in [0.15, 0.2) is 0 Å². The lowest BCUT2D eigenvalue weighted by molar-refractivity contribution is 0.0939. The van der Waals surface area contributed by atoms with Crippen LogP contribution < -0.4 is 5.32 Å². The predicted octanol–water partition coefficient (Wildman–Crippen LogP) is 4.34. The summed E-state index contributed by atoms with van der Waals surface area (Å²) in [5, 5.41) is 3.47. The third-order valence-corrected chi connectivity index (χ3v) is 8.27. The van der Waals surface area contributed by atoms with E-state index in [1.165, 1.54) is 15.9 Å². The molecule has 1 saturated heterocycles. The highest BCUT2D eigenvalue weighted by molar-refractivity contribution is 7.89. The Morgan fingerprint density at radius 1 is 0.941 bits per heavy atom. The number of benzene rings is 3. The van der Waals surface area contributed by atoms with Crippen LogP contribution in [-0.4, -0.2) is 49.7 Å². The quantitative estimate of drug-likeness (QED) is 0.527. The Bertz CT molecular complexity index is 1240. The van der Waals surface area contributed by atoms with Gasteiger partial charge in [0.2, 0.25) is 10.0 Å². The number of carbonyl (C=O) groups is 1. The molecule has 3 aromatic carbocycles. The number of nitrogens with zero attached hydrogens (tertiary/aromatic N) is 2. The van der Waals surface area contributed by atoms with Crippen LogP contribution in [0.4, 0.5) is 0 Å². The van der Waals surface area contributed by atoms with Gasteiger partial charge in [-0.25, -0.2) is 8.42 Å². The maximum absolute atomic E-state index is 13.3. The van der Waals surface area contributed by atoms with E-state index in [1.807, 2.05) is 43.3 Å². The zero-order chi connectivity index (χ0) is 24.1. The molecule has 1 fully saturated rings. The summed E-state index contributed by atoms with van der Waals surface area (Å²) < 4.78 is 28.0. The molecule has 0 radical (unpaired) electrons. The molecule has 0 aliphatic carbocycles. The van der Waals surface area contributed by atoms with Crippen LogP contribution in [0.3, 0.4) is 0 Å². The molecular formula is C26H28ClN3O3S. The van der Waals surface area contributed by atoms with Crippen molar-refractivity contribution < 1.29 is 13.2 Å². The van der Waals surface area contributed by atoms with E-state index in [1.54, 1.807) is 24.3 Å². The van der Waals surface area contributed by atoms with Crippen molar-refractivity contribution in [2.24, 2.45) is 0 Å². The third kappa shape index (κ3) is 5.67. The average molecular weight is 498 g/mol. The molecule has 0 unspecified atom stereocenters. The van der Waals surface area contributed by atoms with Crippen LogP contribution >= 0.6 is 11.6 Å². The van der Waals surface area contributed by atoms with Crippen LogP contribution in [0.15, 0.2) is 83.8 Å². The summed E-state index contributed by atoms with van der Waals surface area (Å²) in [5.74, 6) is -0.350. The number of hydrogen-bond acceptors (Lipinski definition) is 4. The Morgan fingerprint density at radius 3 is 2.32 bits per heavy atom. The van der Waals surface area contributed by atoms with Crippen molar-refractivity contribution in [1.82, 2.24) is 14.5 Å². The first-order chi connectivity index (χ1) is 16.3. The second kappa shape index (κ2) is 10.7. The summed E-state index contributed by atoms with van der Waals surface area (Å²) in [4.78, 5) is 15.2. The smallest absolute Gasteiger partial charge is 0.251 e. The molecule has 0 bridgehead atoms. The molecule has 1 aliphatic rings. The van der Waals surface area contributed by atoms with Gasteiger partial charge in [0.05, 0.1) is 10.9 Å². The lowest BCUT2D eigenvalue weighted by Crippen LogP contribution is -2.48. The minimum atomic E-state index is -3.70. The van der Waals surface area contributed by atoms with Crippen molar-refractivity contribution in [3.8, 4) is 0 Å². The van der Waals surface area contributed by atoms with Gasteiger partial charge in [-0.1, -0.05) is 66.2 Å². The Balaban J connectivity index is 1.41. The van der Waals surface area contributed by atoms with Gasteiger partial charge in [0.25, 0.3) is 5.91 Å². The standard InChI is InChI=1S/C26H28ClN3O3S/c1-20(24-12-5-6-13-25(24)27)28-26(31)22-10-7-11-23(18-22)34(32,33)30-16-14-29(15-17-30)19-21-8-3-2-4-9-21/h2-13,18,20H,14-17,19H2,1H3,(H,28,31)/t20-/m0/s1. The molecule has 1 atom stereocenters. The van der Waals surface area contributed by atoms with E-state index in [0.717, 1.165) is 12.1 Å². The van der Waals surface area contributed by atoms with Crippen molar-refractivity contribution in [3.05, 3.63) is 101 Å². The minimum Gasteiger partial charge on any atom is -0.345 e. The predicted molar refractivity (Wildman–Crippen MR) is 134 cm³/mol. The van der Waals surface area contributed by atoms with Crippen molar-refractivity contribution in [3.63, 3.8) is 0 Å². The molecule has 1 N–H and O–H groups in total. The van der Waals surface area contributed by atoms with Crippen molar-refractivity contribution in [2.45, 2.75) is 24.4 Å². The van der Waals surface area contributed by atoms with Gasteiger partial charge in [0, 0.05) is 43.3 Å². The van der Waals surface area contributed by atoms with Gasteiger partial charge in [-0.2, -0.15) is 4.31 Å². The van der Waals surface area contributed by atoms with E-state index in [0.29, 0.717) is 36.8 Å². The number of hydrogen-bond donors (Lipinski definition) is 1. The van der Waals surface area contributed by atoms with Crippen molar-refractivity contribution in [2.75, 3.05) is 26.2 Å². The molecule has 0 saturated carbocycles. The number of amides is 1. The van der Waals surface area contributed by atoms with E-state index in [-0.39, 0.29) is 16.8 Å². The topological polar surface area (TPSA) is 69.7 Å². The van der Waals surface area contributed by atoms with E-state index >= 15 is 0 Å². The monoisotopic (exact) mass is 497 g/mol. The van der Waals surface area contributed by atoms with Crippen LogP contribution in [0, 0.1) is 0 Å². The Hall–Kier alpha value is -2.71. The number of piperazine rings is 1. The molecule has 8 heteroatoms. The van der Waals surface area contributed by atoms with E-state index in [2.05, 4.69) is 22.3 Å². The lowest BCUT2D eigenvalue weighted by atomic mass is 10.1. The minimum absolute atomic E-state index is 0.127. The second-order valence-corrected chi connectivity index (χ2v) is 10.8. The highest BCUT2D eigenvalue weighted by atomic mass is 35.5. The van der Waals surface area contributed by atoms with Crippen LogP contribution in [-0.2, 0) is 16.6 Å². The molecule has 34 heavy (non-hydrogen) atoms. The highest BCUT2D eigenvalue weighted by Gasteiger charge is 2.29. The van der Waals surface area contributed by atoms with Crippen molar-refractivity contribution in [1.29, 1.82) is 0 Å². The van der Waals surface area contributed by atoms with Crippen LogP contribution in [0.5, 0.6) is 0 Å². The summed E-state index contributed by atoms with van der Waals surface area (Å²) >= 11 is 6.24. The van der Waals surface area contributed by atoms with Gasteiger partial charge in [-0.3, -0.25) is 9.69 Å². The largest absolute Gasteiger partial charge is 0.345 e. The molecule has 0 aromatic heterocycles. The van der Waals surface area contributed by atoms with Crippen molar-refractivity contribution >= 4 is 27.5 Å². The molecule has 1 heterocycles. The van der Waals surface area contributed by atoms with Gasteiger partial charge >= 0.3 is 0 Å². The fourth-order valence-electron chi connectivity index (χ4n) is 4.10. The molecule has 4 rings (SSSR count). The Kier molecular flexibility index (Phi) is 7.68. The summed E-state index contributed by atoms with van der Waals surface area (Å²) in [6, 6.07) is 23.4. The zero-order valence-electron chi connectivity index (χ0n) is 19.0. The molecule has 1 aliphatic heterocycles. The maximum Gasteiger partial charge on any atom is 0.251 e. The second-order valence-electron chi connectivity index (χ2n) is 8.41. The van der Waals surface area contributed by atoms with Crippen LogP contribution in [0.2, 0.25) is 5.02 Å². The fraction of sp³-hybridized carbons (Fsp3) is 0.269. The van der Waals surface area contributed by atoms with Crippen LogP contribution in [0.1, 0.15) is 34.5 Å². The summed E-state index contributed by atoms with van der Waals surface area (Å²) in [6.07, 6.45) is 0. The SMILES string of the molecule is C[C@H](NC(=O)c1cccc(S(=O)(=O)N2CCN(Cc3ccccc3)CC2)c1)c1ccccc1Cl. The highest BCUT2D eigenvalue weighted by Crippen LogP contribution is 2.23. The summed E-state index contributed by atoms with van der Waals surface area (Å²) in [7, 11) is -3.70. The van der Waals surface area contributed by atoms with Crippen LogP contribution in [0.25, 0.3) is 0 Å². The average Bonchev–Trinajstić information content (AvgIpc) is 2.85. The summed E-state index contributed by atoms with van der Waals surface area (Å²) in [6.45, 7) is 4.78. The number of carbonyl (C=O) groups excluding carboxylic acids is 1. The normalized spacial score (nSPS) is 16.2. The first-order valence-corrected chi connectivity index (χ1v) is 13.1. The first kappa shape index (κ1) is 24.4. The molecule has 6 nitrogen and oxygen atoms in total. The molecule has 3 aromatic rings. The zero-order valence-corrected chi connectivity index (χ0v) is 20.6.